The third kappa shape index (κ3) is 2.38. The molecule has 3 aromatic rings. The SMILES string of the molecule is N#CC1=C(N)Oc2n[nH]c(-c3cccnc3)c2[C@@H]1c1cc(F)ccc1F. The second kappa shape index (κ2) is 5.97. The standard InChI is InChI=1S/C18H11F2N5O/c19-10-3-4-13(20)11(6-10)14-12(7-21)17(22)26-18-15(14)16(24-25-18)9-2-1-5-23-8-9/h1-6,8,14H,22H2,(H,24,25)/t14-/m1/s1. The largest absolute Gasteiger partial charge is 0.420 e. The quantitative estimate of drug-likeness (QED) is 0.739. The third-order valence-electron chi connectivity index (χ3n) is 4.16. The summed E-state index contributed by atoms with van der Waals surface area (Å²) < 4.78 is 33.7. The number of hydrogen-bond acceptors (Lipinski definition) is 5. The van der Waals surface area contributed by atoms with Gasteiger partial charge in [0.05, 0.1) is 17.2 Å². The van der Waals surface area contributed by atoms with Crippen LogP contribution in [-0.4, -0.2) is 15.2 Å². The summed E-state index contributed by atoms with van der Waals surface area (Å²) in [5.41, 5.74) is 7.31. The molecule has 0 aliphatic carbocycles. The maximum Gasteiger partial charge on any atom is 0.244 e. The molecule has 1 aliphatic heterocycles. The van der Waals surface area contributed by atoms with Crippen molar-refractivity contribution in [3.05, 3.63) is 76.9 Å². The number of benzene rings is 1. The van der Waals surface area contributed by atoms with Crippen LogP contribution in [0.5, 0.6) is 5.88 Å². The average Bonchev–Trinajstić information content (AvgIpc) is 3.06. The van der Waals surface area contributed by atoms with Gasteiger partial charge in [-0.25, -0.2) is 8.78 Å². The Morgan fingerprint density at radius 1 is 1.27 bits per heavy atom. The summed E-state index contributed by atoms with van der Waals surface area (Å²) in [7, 11) is 0. The zero-order chi connectivity index (χ0) is 18.3. The predicted molar refractivity (Wildman–Crippen MR) is 87.5 cm³/mol. The number of hydrogen-bond donors (Lipinski definition) is 2. The first-order valence-corrected chi connectivity index (χ1v) is 7.61. The molecule has 0 amide bonds. The Labute approximate surface area is 146 Å². The van der Waals surface area contributed by atoms with E-state index in [2.05, 4.69) is 15.2 Å². The van der Waals surface area contributed by atoms with Gasteiger partial charge in [-0.3, -0.25) is 10.1 Å². The van der Waals surface area contributed by atoms with Gasteiger partial charge >= 0.3 is 0 Å². The Hall–Kier alpha value is -3.73. The Morgan fingerprint density at radius 3 is 2.85 bits per heavy atom. The molecule has 2 aromatic heterocycles. The number of rotatable bonds is 2. The van der Waals surface area contributed by atoms with Crippen molar-refractivity contribution < 1.29 is 13.5 Å². The zero-order valence-corrected chi connectivity index (χ0v) is 13.2. The molecule has 0 saturated carbocycles. The lowest BCUT2D eigenvalue weighted by molar-refractivity contribution is 0.378. The minimum absolute atomic E-state index is 0.0199. The molecular formula is C18H11F2N5O. The molecule has 0 spiro atoms. The van der Waals surface area contributed by atoms with Crippen molar-refractivity contribution in [3.8, 4) is 23.2 Å². The van der Waals surface area contributed by atoms with E-state index in [-0.39, 0.29) is 22.9 Å². The maximum absolute atomic E-state index is 14.5. The highest BCUT2D eigenvalue weighted by Gasteiger charge is 2.37. The van der Waals surface area contributed by atoms with Crippen molar-refractivity contribution in [2.24, 2.45) is 5.73 Å². The second-order valence-electron chi connectivity index (χ2n) is 5.65. The molecule has 0 bridgehead atoms. The Morgan fingerprint density at radius 2 is 2.12 bits per heavy atom. The number of allylic oxidation sites excluding steroid dienone is 1. The molecule has 0 saturated heterocycles. The highest BCUT2D eigenvalue weighted by Crippen LogP contribution is 2.46. The van der Waals surface area contributed by atoms with Crippen LogP contribution in [0.25, 0.3) is 11.3 Å². The van der Waals surface area contributed by atoms with Crippen LogP contribution in [-0.2, 0) is 0 Å². The zero-order valence-electron chi connectivity index (χ0n) is 13.2. The first kappa shape index (κ1) is 15.8. The van der Waals surface area contributed by atoms with E-state index in [0.29, 0.717) is 16.8 Å². The number of H-pyrrole nitrogens is 1. The third-order valence-corrected chi connectivity index (χ3v) is 4.16. The van der Waals surface area contributed by atoms with Gasteiger partial charge in [0.2, 0.25) is 11.8 Å². The molecule has 0 unspecified atom stereocenters. The number of nitriles is 1. The van der Waals surface area contributed by atoms with E-state index < -0.39 is 17.6 Å². The molecule has 128 valence electrons. The van der Waals surface area contributed by atoms with Crippen molar-refractivity contribution in [2.45, 2.75) is 5.92 Å². The summed E-state index contributed by atoms with van der Waals surface area (Å²) in [6, 6.07) is 8.49. The fourth-order valence-corrected chi connectivity index (χ4v) is 3.02. The van der Waals surface area contributed by atoms with Gasteiger partial charge in [-0.2, -0.15) is 5.26 Å². The lowest BCUT2D eigenvalue weighted by Gasteiger charge is -2.24. The molecule has 26 heavy (non-hydrogen) atoms. The van der Waals surface area contributed by atoms with Crippen molar-refractivity contribution in [1.82, 2.24) is 15.2 Å². The smallest absolute Gasteiger partial charge is 0.244 e. The number of nitrogens with one attached hydrogen (secondary N) is 1. The van der Waals surface area contributed by atoms with E-state index in [1.54, 1.807) is 24.5 Å². The van der Waals surface area contributed by atoms with Crippen molar-refractivity contribution >= 4 is 0 Å². The highest BCUT2D eigenvalue weighted by atomic mass is 19.1. The van der Waals surface area contributed by atoms with Crippen LogP contribution in [0.3, 0.4) is 0 Å². The molecule has 0 radical (unpaired) electrons. The first-order chi connectivity index (χ1) is 12.6. The average molecular weight is 351 g/mol. The predicted octanol–water partition coefficient (Wildman–Crippen LogP) is 2.97. The lowest BCUT2D eigenvalue weighted by atomic mass is 9.83. The highest BCUT2D eigenvalue weighted by molar-refractivity contribution is 5.70. The number of halogens is 2. The van der Waals surface area contributed by atoms with Gasteiger partial charge in [0, 0.05) is 23.5 Å². The van der Waals surface area contributed by atoms with E-state index >= 15 is 0 Å². The number of ether oxygens (including phenoxy) is 1. The first-order valence-electron chi connectivity index (χ1n) is 7.61. The minimum Gasteiger partial charge on any atom is -0.420 e. The van der Waals surface area contributed by atoms with Crippen LogP contribution in [0.2, 0.25) is 0 Å². The maximum atomic E-state index is 14.5. The molecular weight excluding hydrogens is 340 g/mol. The molecule has 1 aliphatic rings. The summed E-state index contributed by atoms with van der Waals surface area (Å²) in [6.45, 7) is 0. The topological polar surface area (TPSA) is 101 Å². The summed E-state index contributed by atoms with van der Waals surface area (Å²) in [5, 5.41) is 16.4. The van der Waals surface area contributed by atoms with Crippen molar-refractivity contribution in [3.63, 3.8) is 0 Å². The fourth-order valence-electron chi connectivity index (χ4n) is 3.02. The molecule has 1 aromatic carbocycles. The normalized spacial score (nSPS) is 16.0. The number of aromatic nitrogens is 3. The Kier molecular flexibility index (Phi) is 3.62. The second-order valence-corrected chi connectivity index (χ2v) is 5.65. The van der Waals surface area contributed by atoms with Crippen molar-refractivity contribution in [1.29, 1.82) is 5.26 Å². The molecule has 8 heteroatoms. The number of nitrogens with zero attached hydrogens (tertiary/aromatic N) is 3. The van der Waals surface area contributed by atoms with Gasteiger partial charge in [-0.05, 0) is 30.3 Å². The van der Waals surface area contributed by atoms with Gasteiger partial charge in [-0.1, -0.05) is 0 Å². The van der Waals surface area contributed by atoms with Gasteiger partial charge in [0.25, 0.3) is 0 Å². The molecule has 4 rings (SSSR count). The minimum atomic E-state index is -0.964. The van der Waals surface area contributed by atoms with Crippen LogP contribution >= 0.6 is 0 Å². The van der Waals surface area contributed by atoms with Crippen LogP contribution in [0.1, 0.15) is 17.0 Å². The van der Waals surface area contributed by atoms with Gasteiger partial charge in [0.15, 0.2) is 0 Å². The lowest BCUT2D eigenvalue weighted by Crippen LogP contribution is -2.21. The van der Waals surface area contributed by atoms with Gasteiger partial charge in [-0.15, -0.1) is 5.10 Å². The van der Waals surface area contributed by atoms with Crippen LogP contribution < -0.4 is 10.5 Å². The molecule has 0 fully saturated rings. The van der Waals surface area contributed by atoms with E-state index in [4.69, 9.17) is 10.5 Å². The number of aromatic amines is 1. The van der Waals surface area contributed by atoms with E-state index in [1.165, 1.54) is 0 Å². The van der Waals surface area contributed by atoms with Crippen LogP contribution in [0.15, 0.2) is 54.2 Å². The summed E-state index contributed by atoms with van der Waals surface area (Å²) >= 11 is 0. The Bertz CT molecular complexity index is 1070. The summed E-state index contributed by atoms with van der Waals surface area (Å²) in [6.07, 6.45) is 3.19. The molecule has 3 heterocycles. The van der Waals surface area contributed by atoms with Gasteiger partial charge in [0.1, 0.15) is 23.3 Å². The summed E-state index contributed by atoms with van der Waals surface area (Å²) in [4.78, 5) is 4.05. The monoisotopic (exact) mass is 351 g/mol. The van der Waals surface area contributed by atoms with Gasteiger partial charge < -0.3 is 10.5 Å². The van der Waals surface area contributed by atoms with Crippen LogP contribution in [0.4, 0.5) is 8.78 Å². The molecule has 3 N–H and O–H groups in total. The fraction of sp³-hybridized carbons (Fsp3) is 0.0556. The van der Waals surface area contributed by atoms with E-state index in [0.717, 1.165) is 18.2 Å². The van der Waals surface area contributed by atoms with Crippen molar-refractivity contribution in [2.75, 3.05) is 0 Å². The molecule has 1 atom stereocenters. The number of nitrogens with two attached hydrogens (primary N) is 1. The van der Waals surface area contributed by atoms with E-state index in [9.17, 15) is 14.0 Å². The Balaban J connectivity index is 2.00. The van der Waals surface area contributed by atoms with Crippen LogP contribution in [0, 0.1) is 23.0 Å². The molecule has 6 nitrogen and oxygen atoms in total. The van der Waals surface area contributed by atoms with E-state index in [1.807, 2.05) is 6.07 Å². The summed E-state index contributed by atoms with van der Waals surface area (Å²) in [5.74, 6) is -2.35. The number of pyridine rings is 1. The number of fused-ring (bicyclic) bond motifs is 1.